The SMILES string of the molecule is CC1(C)O[C@H]1[C@H]1C[C@@H]([C@@H]2CC[C@]3(C)C4=CC[C@H]5C(C)(C)C(=O)CC[C@]5(C)[C@H]4CC[C@@]23C)C(O)O1. The third-order valence-corrected chi connectivity index (χ3v) is 12.7. The lowest BCUT2D eigenvalue weighted by atomic mass is 9.41. The van der Waals surface area contributed by atoms with Gasteiger partial charge >= 0.3 is 0 Å². The third-order valence-electron chi connectivity index (χ3n) is 12.7. The van der Waals surface area contributed by atoms with Crippen molar-refractivity contribution in [1.29, 1.82) is 0 Å². The van der Waals surface area contributed by atoms with Crippen molar-refractivity contribution in [3.05, 3.63) is 11.6 Å². The van der Waals surface area contributed by atoms with Gasteiger partial charge in [0.1, 0.15) is 11.9 Å². The van der Waals surface area contributed by atoms with E-state index < -0.39 is 6.29 Å². The van der Waals surface area contributed by atoms with Gasteiger partial charge in [-0.05, 0) is 92.8 Å². The van der Waals surface area contributed by atoms with Crippen molar-refractivity contribution in [3.63, 3.8) is 0 Å². The molecule has 6 rings (SSSR count). The van der Waals surface area contributed by atoms with Gasteiger partial charge in [-0.1, -0.05) is 46.3 Å². The van der Waals surface area contributed by atoms with Crippen LogP contribution in [0.25, 0.3) is 0 Å². The summed E-state index contributed by atoms with van der Waals surface area (Å²) in [6.07, 6.45) is 10.6. The number of rotatable bonds is 2. The second-order valence-corrected chi connectivity index (χ2v) is 14.7. The summed E-state index contributed by atoms with van der Waals surface area (Å²) in [7, 11) is 0. The Balaban J connectivity index is 1.30. The van der Waals surface area contributed by atoms with Crippen LogP contribution < -0.4 is 0 Å². The number of aliphatic hydroxyl groups is 1. The van der Waals surface area contributed by atoms with Gasteiger partial charge in [0.25, 0.3) is 0 Å². The lowest BCUT2D eigenvalue weighted by Crippen LogP contribution is -2.57. The number of fused-ring (bicyclic) bond motifs is 5. The van der Waals surface area contributed by atoms with Crippen molar-refractivity contribution in [2.45, 2.75) is 124 Å². The number of ketones is 1. The van der Waals surface area contributed by atoms with E-state index in [-0.39, 0.29) is 45.4 Å². The van der Waals surface area contributed by atoms with E-state index in [4.69, 9.17) is 9.47 Å². The van der Waals surface area contributed by atoms with Gasteiger partial charge in [0.2, 0.25) is 0 Å². The second-order valence-electron chi connectivity index (χ2n) is 14.7. The smallest absolute Gasteiger partial charge is 0.158 e. The summed E-state index contributed by atoms with van der Waals surface area (Å²) in [5.74, 6) is 2.19. The highest BCUT2D eigenvalue weighted by Crippen LogP contribution is 2.73. The topological polar surface area (TPSA) is 59.1 Å². The zero-order valence-electron chi connectivity index (χ0n) is 22.4. The zero-order valence-corrected chi connectivity index (χ0v) is 22.4. The highest BCUT2D eigenvalue weighted by atomic mass is 16.7. The van der Waals surface area contributed by atoms with Crippen LogP contribution in [0, 0.1) is 45.3 Å². The number of carbonyl (C=O) groups is 1. The van der Waals surface area contributed by atoms with Crippen LogP contribution in [0.15, 0.2) is 11.6 Å². The number of epoxide rings is 1. The molecule has 0 bridgehead atoms. The molecule has 10 atom stereocenters. The van der Waals surface area contributed by atoms with Crippen LogP contribution in [-0.4, -0.2) is 35.0 Å². The Labute approximate surface area is 206 Å². The molecule has 0 aromatic heterocycles. The molecule has 5 fully saturated rings. The van der Waals surface area contributed by atoms with E-state index in [0.29, 0.717) is 23.5 Å². The first-order chi connectivity index (χ1) is 15.8. The van der Waals surface area contributed by atoms with Crippen LogP contribution in [0.1, 0.15) is 99.8 Å². The molecule has 4 aliphatic carbocycles. The quantitative estimate of drug-likeness (QED) is 0.393. The first-order valence-electron chi connectivity index (χ1n) is 14.0. The average molecular weight is 471 g/mol. The van der Waals surface area contributed by atoms with E-state index in [1.54, 1.807) is 5.57 Å². The van der Waals surface area contributed by atoms with E-state index in [2.05, 4.69) is 54.5 Å². The monoisotopic (exact) mass is 470 g/mol. The van der Waals surface area contributed by atoms with Crippen LogP contribution in [0.4, 0.5) is 0 Å². The summed E-state index contributed by atoms with van der Waals surface area (Å²) in [6, 6.07) is 0. The fourth-order valence-corrected chi connectivity index (χ4v) is 10.3. The molecule has 0 spiro atoms. The molecule has 34 heavy (non-hydrogen) atoms. The summed E-state index contributed by atoms with van der Waals surface area (Å²) in [6.45, 7) is 16.2. The molecule has 0 radical (unpaired) electrons. The number of Topliss-reactive ketones (excluding diaryl/α,β-unsaturated/α-hetero) is 1. The van der Waals surface area contributed by atoms with Crippen molar-refractivity contribution in [2.75, 3.05) is 0 Å². The van der Waals surface area contributed by atoms with Gasteiger partial charge in [-0.25, -0.2) is 0 Å². The number of allylic oxidation sites excluding steroid dienone is 2. The molecule has 1 unspecified atom stereocenters. The molecular formula is C30H46O4. The van der Waals surface area contributed by atoms with Crippen LogP contribution in [0.3, 0.4) is 0 Å². The fraction of sp³-hybridized carbons (Fsp3) is 0.900. The lowest BCUT2D eigenvalue weighted by molar-refractivity contribution is -0.147. The normalized spacial score (nSPS) is 55.2. The molecule has 4 nitrogen and oxygen atoms in total. The minimum Gasteiger partial charge on any atom is -0.368 e. The second kappa shape index (κ2) is 6.98. The largest absolute Gasteiger partial charge is 0.368 e. The molecular weight excluding hydrogens is 424 g/mol. The van der Waals surface area contributed by atoms with Crippen molar-refractivity contribution >= 4 is 5.78 Å². The Kier molecular flexibility index (Phi) is 4.86. The molecule has 1 N–H and O–H groups in total. The van der Waals surface area contributed by atoms with Crippen LogP contribution in [0.5, 0.6) is 0 Å². The molecule has 190 valence electrons. The minimum atomic E-state index is -0.667. The van der Waals surface area contributed by atoms with Crippen molar-refractivity contribution < 1.29 is 19.4 Å². The Morgan fingerprint density at radius 1 is 1.00 bits per heavy atom. The summed E-state index contributed by atoms with van der Waals surface area (Å²) in [5, 5.41) is 11.0. The average Bonchev–Trinajstić information content (AvgIpc) is 3.08. The summed E-state index contributed by atoms with van der Waals surface area (Å²) in [4.78, 5) is 12.8. The number of aliphatic hydroxyl groups excluding tert-OH is 1. The number of carbonyl (C=O) groups excluding carboxylic acids is 1. The molecule has 6 aliphatic rings. The minimum absolute atomic E-state index is 0.0253. The molecule has 0 amide bonds. The predicted molar refractivity (Wildman–Crippen MR) is 132 cm³/mol. The number of ether oxygens (including phenoxy) is 2. The van der Waals surface area contributed by atoms with Crippen molar-refractivity contribution in [1.82, 2.24) is 0 Å². The molecule has 0 aromatic rings. The molecule has 2 aliphatic heterocycles. The fourth-order valence-electron chi connectivity index (χ4n) is 10.3. The Morgan fingerprint density at radius 3 is 2.38 bits per heavy atom. The highest BCUT2D eigenvalue weighted by molar-refractivity contribution is 5.85. The van der Waals surface area contributed by atoms with Crippen molar-refractivity contribution in [2.24, 2.45) is 45.3 Å². The van der Waals surface area contributed by atoms with E-state index in [1.165, 1.54) is 25.7 Å². The predicted octanol–water partition coefficient (Wildman–Crippen LogP) is 6.06. The van der Waals surface area contributed by atoms with Gasteiger partial charge in [-0.3, -0.25) is 4.79 Å². The molecule has 3 saturated carbocycles. The molecule has 2 saturated heterocycles. The highest BCUT2D eigenvalue weighted by Gasteiger charge is 2.67. The van der Waals surface area contributed by atoms with E-state index >= 15 is 0 Å². The Morgan fingerprint density at radius 2 is 1.71 bits per heavy atom. The van der Waals surface area contributed by atoms with E-state index in [1.807, 2.05) is 0 Å². The maximum atomic E-state index is 12.8. The van der Waals surface area contributed by atoms with Gasteiger partial charge in [0, 0.05) is 17.8 Å². The summed E-state index contributed by atoms with van der Waals surface area (Å²) < 4.78 is 12.0. The summed E-state index contributed by atoms with van der Waals surface area (Å²) >= 11 is 0. The maximum Gasteiger partial charge on any atom is 0.158 e. The van der Waals surface area contributed by atoms with Crippen molar-refractivity contribution in [3.8, 4) is 0 Å². The van der Waals surface area contributed by atoms with E-state index in [9.17, 15) is 9.90 Å². The Bertz CT molecular complexity index is 934. The maximum absolute atomic E-state index is 12.8. The number of hydrogen-bond donors (Lipinski definition) is 1. The third kappa shape index (κ3) is 2.85. The summed E-state index contributed by atoms with van der Waals surface area (Å²) in [5.41, 5.74) is 1.95. The zero-order chi connectivity index (χ0) is 24.5. The lowest BCUT2D eigenvalue weighted by Gasteiger charge is -2.63. The first kappa shape index (κ1) is 23.7. The number of hydrogen-bond acceptors (Lipinski definition) is 4. The van der Waals surface area contributed by atoms with Crippen LogP contribution >= 0.6 is 0 Å². The molecule has 2 heterocycles. The van der Waals surface area contributed by atoms with Gasteiger partial charge in [0.15, 0.2) is 6.29 Å². The van der Waals surface area contributed by atoms with E-state index in [0.717, 1.165) is 25.7 Å². The molecule has 0 aromatic carbocycles. The van der Waals surface area contributed by atoms with Gasteiger partial charge < -0.3 is 14.6 Å². The van der Waals surface area contributed by atoms with Crippen LogP contribution in [0.2, 0.25) is 0 Å². The van der Waals surface area contributed by atoms with Gasteiger partial charge in [0.05, 0.1) is 11.7 Å². The Hall–Kier alpha value is -0.710. The van der Waals surface area contributed by atoms with Crippen LogP contribution in [-0.2, 0) is 14.3 Å². The standard InChI is InChI=1S/C30H46O4/c1-26(2)22-9-8-20-19(28(22,5)13-12-23(26)31)11-15-29(6)18(10-14-30(20,29)7)17-16-21(33-25(17)32)24-27(3,4)34-24/h8,17-19,21-22,24-25,32H,9-16H2,1-7H3/t17-,18-,19-,21+,22-,24-,25?,28+,29-,30+/m0/s1. The molecule has 4 heteroatoms. The van der Waals surface area contributed by atoms with Gasteiger partial charge in [-0.15, -0.1) is 0 Å². The first-order valence-corrected chi connectivity index (χ1v) is 14.0. The van der Waals surface area contributed by atoms with Gasteiger partial charge in [-0.2, -0.15) is 0 Å².